The van der Waals surface area contributed by atoms with Crippen LogP contribution in [0.4, 0.5) is 5.69 Å². The maximum Gasteiger partial charge on any atom is 0.266 e. The van der Waals surface area contributed by atoms with E-state index < -0.39 is 27.9 Å². The van der Waals surface area contributed by atoms with Crippen molar-refractivity contribution in [1.29, 1.82) is 0 Å². The SMILES string of the molecule is NC(=O)CCNc1cc(Cl)cc2c(S(=O)(=O)N3CCO[C@H](COc4ccccc4)C3)c(C(N)=O)[nH]c12. The lowest BCUT2D eigenvalue weighted by atomic mass is 10.2. The van der Waals surface area contributed by atoms with Gasteiger partial charge in [-0.05, 0) is 24.3 Å². The van der Waals surface area contributed by atoms with Crippen molar-refractivity contribution >= 4 is 50.0 Å². The van der Waals surface area contributed by atoms with Gasteiger partial charge in [-0.15, -0.1) is 0 Å². The molecule has 1 saturated heterocycles. The van der Waals surface area contributed by atoms with Crippen molar-refractivity contribution in [3.63, 3.8) is 0 Å². The number of H-pyrrole nitrogens is 1. The van der Waals surface area contributed by atoms with E-state index in [1.54, 1.807) is 18.2 Å². The number of carbonyl (C=O) groups is 2. The van der Waals surface area contributed by atoms with E-state index in [-0.39, 0.29) is 60.3 Å². The molecule has 2 aromatic carbocycles. The number of sulfonamides is 1. The van der Waals surface area contributed by atoms with E-state index in [1.165, 1.54) is 10.4 Å². The number of aromatic nitrogens is 1. The smallest absolute Gasteiger partial charge is 0.266 e. The van der Waals surface area contributed by atoms with E-state index in [1.807, 2.05) is 18.2 Å². The summed E-state index contributed by atoms with van der Waals surface area (Å²) in [7, 11) is -4.20. The van der Waals surface area contributed by atoms with Gasteiger partial charge in [0.15, 0.2) is 0 Å². The molecule has 2 heterocycles. The number of nitrogens with zero attached hydrogens (tertiary/aromatic N) is 1. The zero-order chi connectivity index (χ0) is 25.9. The lowest BCUT2D eigenvalue weighted by Gasteiger charge is -2.32. The van der Waals surface area contributed by atoms with Gasteiger partial charge in [-0.25, -0.2) is 8.42 Å². The first kappa shape index (κ1) is 25.8. The van der Waals surface area contributed by atoms with Gasteiger partial charge in [0.25, 0.3) is 5.91 Å². The zero-order valence-corrected chi connectivity index (χ0v) is 20.8. The van der Waals surface area contributed by atoms with Gasteiger partial charge in [0.1, 0.15) is 29.0 Å². The Kier molecular flexibility index (Phi) is 7.69. The van der Waals surface area contributed by atoms with Crippen LogP contribution in [0.25, 0.3) is 10.9 Å². The molecule has 0 radical (unpaired) electrons. The first-order chi connectivity index (χ1) is 17.2. The van der Waals surface area contributed by atoms with Crippen molar-refractivity contribution in [3.05, 3.63) is 53.2 Å². The molecule has 1 aliphatic heterocycles. The Bertz CT molecular complexity index is 1380. The van der Waals surface area contributed by atoms with Gasteiger partial charge in [-0.3, -0.25) is 9.59 Å². The molecule has 0 bridgehead atoms. The minimum atomic E-state index is -4.20. The van der Waals surface area contributed by atoms with Gasteiger partial charge in [0, 0.05) is 36.5 Å². The number of para-hydroxylation sites is 1. The van der Waals surface area contributed by atoms with Gasteiger partial charge in [0.05, 0.1) is 17.8 Å². The van der Waals surface area contributed by atoms with Crippen LogP contribution >= 0.6 is 11.6 Å². The third-order valence-corrected chi connectivity index (χ3v) is 7.81. The van der Waals surface area contributed by atoms with Crippen molar-refractivity contribution in [2.45, 2.75) is 17.4 Å². The molecule has 0 unspecified atom stereocenters. The predicted octanol–water partition coefficient (Wildman–Crippen LogP) is 1.68. The molecule has 3 aromatic rings. The number of anilines is 1. The number of fused-ring (bicyclic) bond motifs is 1. The highest BCUT2D eigenvalue weighted by atomic mass is 35.5. The van der Waals surface area contributed by atoms with Crippen LogP contribution in [-0.2, 0) is 19.6 Å². The van der Waals surface area contributed by atoms with Gasteiger partial charge < -0.3 is 31.2 Å². The highest BCUT2D eigenvalue weighted by Crippen LogP contribution is 2.36. The van der Waals surface area contributed by atoms with E-state index in [4.69, 9.17) is 32.5 Å². The van der Waals surface area contributed by atoms with Crippen LogP contribution in [0, 0.1) is 0 Å². The molecule has 192 valence electrons. The third-order valence-electron chi connectivity index (χ3n) is 5.64. The number of hydrogen-bond donors (Lipinski definition) is 4. The van der Waals surface area contributed by atoms with Crippen LogP contribution in [0.5, 0.6) is 5.75 Å². The largest absolute Gasteiger partial charge is 0.491 e. The number of amides is 2. The van der Waals surface area contributed by atoms with E-state index >= 15 is 0 Å². The summed E-state index contributed by atoms with van der Waals surface area (Å²) in [5, 5.41) is 3.42. The number of morpholine rings is 1. The molecule has 4 rings (SSSR count). The lowest BCUT2D eigenvalue weighted by Crippen LogP contribution is -2.47. The number of nitrogens with two attached hydrogens (primary N) is 2. The predicted molar refractivity (Wildman–Crippen MR) is 135 cm³/mol. The fraction of sp³-hybridized carbons (Fsp3) is 0.304. The maximum absolute atomic E-state index is 13.8. The minimum absolute atomic E-state index is 0.0182. The first-order valence-corrected chi connectivity index (χ1v) is 13.0. The van der Waals surface area contributed by atoms with Crippen molar-refractivity contribution in [2.75, 3.05) is 38.2 Å². The molecule has 0 aliphatic carbocycles. The zero-order valence-electron chi connectivity index (χ0n) is 19.2. The molecule has 13 heteroatoms. The highest BCUT2D eigenvalue weighted by molar-refractivity contribution is 7.89. The molecule has 1 aliphatic rings. The Morgan fingerprint density at radius 2 is 1.97 bits per heavy atom. The summed E-state index contributed by atoms with van der Waals surface area (Å²) in [6.07, 6.45) is -0.478. The first-order valence-electron chi connectivity index (χ1n) is 11.1. The molecule has 6 N–H and O–H groups in total. The topological polar surface area (TPSA) is 170 Å². The Labute approximate surface area is 212 Å². The third kappa shape index (κ3) is 5.57. The second-order valence-corrected chi connectivity index (χ2v) is 10.5. The fourth-order valence-corrected chi connectivity index (χ4v) is 5.99. The van der Waals surface area contributed by atoms with E-state index in [0.29, 0.717) is 17.0 Å². The molecule has 0 saturated carbocycles. The number of ether oxygens (including phenoxy) is 2. The standard InChI is InChI=1S/C23H26ClN5O6S/c24-14-10-17-20(18(11-14)27-7-6-19(25)30)28-21(23(26)31)22(17)36(32,33)29-8-9-34-16(12-29)13-35-15-4-2-1-3-5-15/h1-5,10-11,16,27-28H,6-9,12-13H2,(H2,25,30)(H2,26,31)/t16-/m0/s1. The maximum atomic E-state index is 13.8. The summed E-state index contributed by atoms with van der Waals surface area (Å²) in [6.45, 7) is 0.581. The number of benzene rings is 2. The molecular weight excluding hydrogens is 510 g/mol. The Morgan fingerprint density at radius 3 is 2.67 bits per heavy atom. The number of halogens is 1. The van der Waals surface area contributed by atoms with E-state index in [2.05, 4.69) is 10.3 Å². The van der Waals surface area contributed by atoms with E-state index in [9.17, 15) is 18.0 Å². The molecule has 1 atom stereocenters. The number of hydrogen-bond acceptors (Lipinski definition) is 7. The Balaban J connectivity index is 1.65. The van der Waals surface area contributed by atoms with Crippen molar-refractivity contribution in [2.24, 2.45) is 11.5 Å². The van der Waals surface area contributed by atoms with Crippen LogP contribution in [0.3, 0.4) is 0 Å². The monoisotopic (exact) mass is 535 g/mol. The van der Waals surface area contributed by atoms with Crippen LogP contribution < -0.4 is 21.5 Å². The average Bonchev–Trinajstić information content (AvgIpc) is 3.24. The summed E-state index contributed by atoms with van der Waals surface area (Å²) in [4.78, 5) is 26.0. The van der Waals surface area contributed by atoms with Crippen molar-refractivity contribution < 1.29 is 27.5 Å². The van der Waals surface area contributed by atoms with Crippen molar-refractivity contribution in [3.8, 4) is 5.75 Å². The summed E-state index contributed by atoms with van der Waals surface area (Å²) in [6, 6.07) is 12.1. The van der Waals surface area contributed by atoms with Crippen LogP contribution in [0.2, 0.25) is 5.02 Å². The highest BCUT2D eigenvalue weighted by Gasteiger charge is 2.36. The molecule has 1 fully saturated rings. The summed E-state index contributed by atoms with van der Waals surface area (Å²) in [5.41, 5.74) is 11.2. The minimum Gasteiger partial charge on any atom is -0.491 e. The molecule has 0 spiro atoms. The van der Waals surface area contributed by atoms with Gasteiger partial charge in [-0.1, -0.05) is 29.8 Å². The number of primary amides is 2. The van der Waals surface area contributed by atoms with Gasteiger partial charge in [-0.2, -0.15) is 4.31 Å². The van der Waals surface area contributed by atoms with Gasteiger partial charge in [0.2, 0.25) is 15.9 Å². The quantitative estimate of drug-likeness (QED) is 0.306. The van der Waals surface area contributed by atoms with Crippen LogP contribution in [0.1, 0.15) is 16.9 Å². The summed E-state index contributed by atoms with van der Waals surface area (Å²) >= 11 is 6.28. The molecular formula is C23H26ClN5O6S. The van der Waals surface area contributed by atoms with Gasteiger partial charge >= 0.3 is 0 Å². The molecule has 11 nitrogen and oxygen atoms in total. The second-order valence-electron chi connectivity index (χ2n) is 8.19. The Hall–Kier alpha value is -3.32. The molecule has 2 amide bonds. The summed E-state index contributed by atoms with van der Waals surface area (Å²) < 4.78 is 40.3. The average molecular weight is 536 g/mol. The lowest BCUT2D eigenvalue weighted by molar-refractivity contribution is -0.117. The van der Waals surface area contributed by atoms with E-state index in [0.717, 1.165) is 0 Å². The van der Waals surface area contributed by atoms with Crippen LogP contribution in [0.15, 0.2) is 47.4 Å². The second kappa shape index (κ2) is 10.7. The molecule has 36 heavy (non-hydrogen) atoms. The Morgan fingerprint density at radius 1 is 1.22 bits per heavy atom. The number of carbonyl (C=O) groups excluding carboxylic acids is 2. The molecule has 1 aromatic heterocycles. The van der Waals surface area contributed by atoms with Crippen molar-refractivity contribution in [1.82, 2.24) is 9.29 Å². The number of aromatic amines is 1. The number of rotatable bonds is 10. The van der Waals surface area contributed by atoms with Crippen LogP contribution in [-0.4, -0.2) is 68.5 Å². The normalized spacial score (nSPS) is 16.6. The fourth-order valence-electron chi connectivity index (χ4n) is 3.98. The number of nitrogens with one attached hydrogen (secondary N) is 2. The summed E-state index contributed by atoms with van der Waals surface area (Å²) in [5.74, 6) is -0.813.